The van der Waals surface area contributed by atoms with Crippen molar-refractivity contribution >= 4 is 5.91 Å². The number of allylic oxidation sites excluding steroid dienone is 2. The third-order valence-corrected chi connectivity index (χ3v) is 4.50. The molecule has 26 heavy (non-hydrogen) atoms. The molecule has 7 heteroatoms. The SMILES string of the molecule is COc1cc(CC(=O)NC2CCC(C=CCC(F)(F)F)CC2)ccc1O. The quantitative estimate of drug-likeness (QED) is 0.740. The van der Waals surface area contributed by atoms with E-state index in [1.807, 2.05) is 0 Å². The summed E-state index contributed by atoms with van der Waals surface area (Å²) >= 11 is 0. The van der Waals surface area contributed by atoms with Gasteiger partial charge in [-0.15, -0.1) is 0 Å². The Kier molecular flexibility index (Phi) is 6.94. The molecule has 0 bridgehead atoms. The van der Waals surface area contributed by atoms with Gasteiger partial charge in [0.05, 0.1) is 20.0 Å². The van der Waals surface area contributed by atoms with Crippen LogP contribution in [0, 0.1) is 5.92 Å². The van der Waals surface area contributed by atoms with Crippen LogP contribution in [-0.2, 0) is 11.2 Å². The van der Waals surface area contributed by atoms with Crippen LogP contribution in [0.15, 0.2) is 30.4 Å². The highest BCUT2D eigenvalue weighted by Crippen LogP contribution is 2.28. The van der Waals surface area contributed by atoms with Crippen LogP contribution in [0.2, 0.25) is 0 Å². The first-order chi connectivity index (χ1) is 12.3. The van der Waals surface area contributed by atoms with Crippen LogP contribution < -0.4 is 10.1 Å². The Morgan fingerprint density at radius 1 is 1.31 bits per heavy atom. The zero-order chi connectivity index (χ0) is 19.2. The fourth-order valence-corrected chi connectivity index (χ4v) is 3.15. The number of rotatable bonds is 6. The number of alkyl halides is 3. The maximum Gasteiger partial charge on any atom is 0.392 e. The summed E-state index contributed by atoms with van der Waals surface area (Å²) in [5.41, 5.74) is 0.737. The highest BCUT2D eigenvalue weighted by Gasteiger charge is 2.25. The van der Waals surface area contributed by atoms with Crippen LogP contribution in [-0.4, -0.2) is 30.3 Å². The molecule has 0 heterocycles. The first-order valence-electron chi connectivity index (χ1n) is 8.65. The second-order valence-electron chi connectivity index (χ2n) is 6.61. The molecule has 1 aromatic rings. The molecule has 0 aliphatic heterocycles. The van der Waals surface area contributed by atoms with E-state index in [0.717, 1.165) is 31.2 Å². The predicted molar refractivity (Wildman–Crippen MR) is 92.1 cm³/mol. The van der Waals surface area contributed by atoms with Crippen LogP contribution in [0.25, 0.3) is 0 Å². The zero-order valence-corrected chi connectivity index (χ0v) is 14.7. The minimum absolute atomic E-state index is 0.0218. The van der Waals surface area contributed by atoms with Crippen molar-refractivity contribution in [1.29, 1.82) is 0 Å². The van der Waals surface area contributed by atoms with Crippen LogP contribution in [0.3, 0.4) is 0 Å². The second-order valence-corrected chi connectivity index (χ2v) is 6.61. The molecule has 0 saturated heterocycles. The molecule has 144 valence electrons. The van der Waals surface area contributed by atoms with Gasteiger partial charge in [-0.2, -0.15) is 13.2 Å². The molecule has 4 nitrogen and oxygen atoms in total. The minimum atomic E-state index is -4.15. The van der Waals surface area contributed by atoms with E-state index in [-0.39, 0.29) is 30.0 Å². The molecule has 1 aromatic carbocycles. The number of carbonyl (C=O) groups is 1. The van der Waals surface area contributed by atoms with Crippen molar-refractivity contribution in [2.75, 3.05) is 7.11 Å². The number of aromatic hydroxyl groups is 1. The standard InChI is InChI=1S/C19H24F3NO3/c1-26-17-11-14(6-9-16(17)24)12-18(25)23-15-7-4-13(5-8-15)3-2-10-19(20,21)22/h2-3,6,9,11,13,15,24H,4-5,7-8,10,12H2,1H3,(H,23,25). The predicted octanol–water partition coefficient (Wildman–Crippen LogP) is 4.13. The Morgan fingerprint density at radius 3 is 2.62 bits per heavy atom. The largest absolute Gasteiger partial charge is 0.504 e. The van der Waals surface area contributed by atoms with Gasteiger partial charge < -0.3 is 15.2 Å². The molecule has 1 fully saturated rings. The maximum atomic E-state index is 12.2. The number of hydrogen-bond acceptors (Lipinski definition) is 3. The van der Waals surface area contributed by atoms with Crippen molar-refractivity contribution in [2.24, 2.45) is 5.92 Å². The Morgan fingerprint density at radius 2 is 2.00 bits per heavy atom. The summed E-state index contributed by atoms with van der Waals surface area (Å²) in [7, 11) is 1.44. The van der Waals surface area contributed by atoms with Crippen molar-refractivity contribution in [3.8, 4) is 11.5 Å². The number of halogens is 3. The highest BCUT2D eigenvalue weighted by molar-refractivity contribution is 5.79. The van der Waals surface area contributed by atoms with Gasteiger partial charge in [0.25, 0.3) is 0 Å². The minimum Gasteiger partial charge on any atom is -0.504 e. The number of methoxy groups -OCH3 is 1. The summed E-state index contributed by atoms with van der Waals surface area (Å²) in [6.07, 6.45) is 1.03. The summed E-state index contributed by atoms with van der Waals surface area (Å²) in [6.45, 7) is 0. The number of carbonyl (C=O) groups excluding carboxylic acids is 1. The van der Waals surface area contributed by atoms with Gasteiger partial charge in [0.1, 0.15) is 0 Å². The molecule has 0 atom stereocenters. The number of amides is 1. The van der Waals surface area contributed by atoms with Gasteiger partial charge in [0.2, 0.25) is 5.91 Å². The molecule has 1 aliphatic rings. The van der Waals surface area contributed by atoms with E-state index in [4.69, 9.17) is 4.74 Å². The smallest absolute Gasteiger partial charge is 0.392 e. The molecule has 1 saturated carbocycles. The molecule has 1 aliphatic carbocycles. The molecule has 2 rings (SSSR count). The number of nitrogens with one attached hydrogen (secondary N) is 1. The first kappa shape index (κ1) is 20.1. The monoisotopic (exact) mass is 371 g/mol. The lowest BCUT2D eigenvalue weighted by atomic mass is 9.85. The molecule has 0 spiro atoms. The third-order valence-electron chi connectivity index (χ3n) is 4.50. The number of hydrogen-bond donors (Lipinski definition) is 2. The number of benzene rings is 1. The molecule has 0 unspecified atom stereocenters. The fraction of sp³-hybridized carbons (Fsp3) is 0.526. The number of ether oxygens (including phenoxy) is 1. The van der Waals surface area contributed by atoms with Crippen molar-refractivity contribution < 1.29 is 27.8 Å². The lowest BCUT2D eigenvalue weighted by molar-refractivity contribution is -0.125. The third kappa shape index (κ3) is 6.61. The molecule has 0 radical (unpaired) electrons. The van der Waals surface area contributed by atoms with E-state index in [2.05, 4.69) is 5.32 Å². The Bertz CT molecular complexity index is 635. The van der Waals surface area contributed by atoms with Crippen LogP contribution >= 0.6 is 0 Å². The normalized spacial score (nSPS) is 20.9. The number of phenolic OH excluding ortho intramolecular Hbond substituents is 1. The van der Waals surface area contributed by atoms with Crippen molar-refractivity contribution in [3.05, 3.63) is 35.9 Å². The van der Waals surface area contributed by atoms with Gasteiger partial charge in [-0.3, -0.25) is 4.79 Å². The highest BCUT2D eigenvalue weighted by atomic mass is 19.4. The summed E-state index contributed by atoms with van der Waals surface area (Å²) in [6, 6.07) is 4.82. The Balaban J connectivity index is 1.76. The summed E-state index contributed by atoms with van der Waals surface area (Å²) in [5, 5.41) is 12.5. The zero-order valence-electron chi connectivity index (χ0n) is 14.7. The van der Waals surface area contributed by atoms with Gasteiger partial charge in [-0.1, -0.05) is 18.2 Å². The van der Waals surface area contributed by atoms with Crippen molar-refractivity contribution in [1.82, 2.24) is 5.32 Å². The average Bonchev–Trinajstić information content (AvgIpc) is 2.57. The number of phenols is 1. The van der Waals surface area contributed by atoms with E-state index >= 15 is 0 Å². The second kappa shape index (κ2) is 8.96. The van der Waals surface area contributed by atoms with Crippen molar-refractivity contribution in [2.45, 2.75) is 50.7 Å². The lowest BCUT2D eigenvalue weighted by Gasteiger charge is -2.27. The van der Waals surface area contributed by atoms with Gasteiger partial charge in [-0.25, -0.2) is 0 Å². The summed E-state index contributed by atoms with van der Waals surface area (Å²) < 4.78 is 41.5. The van der Waals surface area contributed by atoms with Gasteiger partial charge in [0.15, 0.2) is 11.5 Å². The van der Waals surface area contributed by atoms with E-state index in [9.17, 15) is 23.1 Å². The molecule has 0 aromatic heterocycles. The van der Waals surface area contributed by atoms with Crippen LogP contribution in [0.1, 0.15) is 37.7 Å². The Hall–Kier alpha value is -2.18. The van der Waals surface area contributed by atoms with E-state index in [1.165, 1.54) is 19.3 Å². The summed E-state index contributed by atoms with van der Waals surface area (Å²) in [4.78, 5) is 12.2. The van der Waals surface area contributed by atoms with Crippen molar-refractivity contribution in [3.63, 3.8) is 0 Å². The fourth-order valence-electron chi connectivity index (χ4n) is 3.15. The summed E-state index contributed by atoms with van der Waals surface area (Å²) in [5.74, 6) is 0.371. The average molecular weight is 371 g/mol. The lowest BCUT2D eigenvalue weighted by Crippen LogP contribution is -2.38. The van der Waals surface area contributed by atoms with Crippen LogP contribution in [0.4, 0.5) is 13.2 Å². The first-order valence-corrected chi connectivity index (χ1v) is 8.65. The van der Waals surface area contributed by atoms with E-state index in [1.54, 1.807) is 18.2 Å². The van der Waals surface area contributed by atoms with Gasteiger partial charge >= 0.3 is 6.18 Å². The molecular weight excluding hydrogens is 347 g/mol. The molecular formula is C19H24F3NO3. The maximum absolute atomic E-state index is 12.2. The topological polar surface area (TPSA) is 58.6 Å². The van der Waals surface area contributed by atoms with E-state index < -0.39 is 12.6 Å². The molecule has 1 amide bonds. The Labute approximate surface area is 151 Å². The molecule has 2 N–H and O–H groups in total. The van der Waals surface area contributed by atoms with Crippen LogP contribution in [0.5, 0.6) is 11.5 Å². The van der Waals surface area contributed by atoms with E-state index in [0.29, 0.717) is 5.75 Å². The van der Waals surface area contributed by atoms with Gasteiger partial charge in [-0.05, 0) is 49.3 Å². The van der Waals surface area contributed by atoms with Gasteiger partial charge in [0, 0.05) is 6.04 Å².